The predicted molar refractivity (Wildman–Crippen MR) is 132 cm³/mol. The largest absolute Gasteiger partial charge is 0.368 e. The van der Waals surface area contributed by atoms with Gasteiger partial charge in [0.15, 0.2) is 0 Å². The molecule has 1 saturated heterocycles. The molecule has 5 heteroatoms. The second-order valence-electron chi connectivity index (χ2n) is 8.68. The van der Waals surface area contributed by atoms with Crippen molar-refractivity contribution in [2.75, 3.05) is 36.0 Å². The lowest BCUT2D eigenvalue weighted by Gasteiger charge is -2.37. The fourth-order valence-electron chi connectivity index (χ4n) is 4.62. The van der Waals surface area contributed by atoms with Crippen LogP contribution in [0.1, 0.15) is 16.7 Å². The van der Waals surface area contributed by atoms with E-state index in [0.717, 1.165) is 24.2 Å². The van der Waals surface area contributed by atoms with E-state index in [-0.39, 0.29) is 11.8 Å². The zero-order valence-corrected chi connectivity index (χ0v) is 19.0. The molecule has 33 heavy (non-hydrogen) atoms. The molecule has 2 heterocycles. The summed E-state index contributed by atoms with van der Waals surface area (Å²) in [5, 5.41) is 0. The molecule has 3 aromatic rings. The van der Waals surface area contributed by atoms with E-state index in [4.69, 9.17) is 0 Å². The molecule has 5 rings (SSSR count). The standard InChI is InChI=1S/C28H27N3O2/c1-20-11-13-23(14-12-20)31-27(32)25(22-8-4-3-5-9-22)26(28(31)33)30-17-15-29(16-18-30)24-10-6-7-21(2)19-24/h3-14,19H,15-18H2,1-2H3. The summed E-state index contributed by atoms with van der Waals surface area (Å²) in [7, 11) is 0. The number of carbonyl (C=O) groups is 2. The second kappa shape index (κ2) is 8.58. The minimum atomic E-state index is -0.258. The molecular weight excluding hydrogens is 410 g/mol. The topological polar surface area (TPSA) is 43.9 Å². The molecule has 5 nitrogen and oxygen atoms in total. The Kier molecular flexibility index (Phi) is 5.47. The molecule has 0 unspecified atom stereocenters. The van der Waals surface area contributed by atoms with Gasteiger partial charge in [-0.2, -0.15) is 0 Å². The van der Waals surface area contributed by atoms with Gasteiger partial charge in [0, 0.05) is 31.9 Å². The zero-order chi connectivity index (χ0) is 22.9. The van der Waals surface area contributed by atoms with Crippen molar-refractivity contribution >= 4 is 28.8 Å². The summed E-state index contributed by atoms with van der Waals surface area (Å²) in [6.45, 7) is 7.03. The molecule has 2 aliphatic heterocycles. The molecular formula is C28H27N3O2. The van der Waals surface area contributed by atoms with Crippen molar-refractivity contribution in [3.05, 3.63) is 101 Å². The van der Waals surface area contributed by atoms with Gasteiger partial charge in [0.05, 0.1) is 11.3 Å². The lowest BCUT2D eigenvalue weighted by molar-refractivity contribution is -0.120. The van der Waals surface area contributed by atoms with E-state index >= 15 is 0 Å². The van der Waals surface area contributed by atoms with Gasteiger partial charge in [-0.05, 0) is 49.2 Å². The molecule has 0 radical (unpaired) electrons. The van der Waals surface area contributed by atoms with Crippen molar-refractivity contribution in [3.8, 4) is 0 Å². The molecule has 166 valence electrons. The first-order valence-electron chi connectivity index (χ1n) is 11.3. The van der Waals surface area contributed by atoms with E-state index in [0.29, 0.717) is 30.0 Å². The Hall–Kier alpha value is -3.86. The zero-order valence-electron chi connectivity index (χ0n) is 19.0. The maximum Gasteiger partial charge on any atom is 0.282 e. The van der Waals surface area contributed by atoms with Crippen LogP contribution in [0.2, 0.25) is 0 Å². The van der Waals surface area contributed by atoms with Gasteiger partial charge in [-0.1, -0.05) is 60.2 Å². The molecule has 0 aliphatic carbocycles. The van der Waals surface area contributed by atoms with Crippen molar-refractivity contribution in [2.45, 2.75) is 13.8 Å². The average Bonchev–Trinajstić information content (AvgIpc) is 3.10. The van der Waals surface area contributed by atoms with Crippen molar-refractivity contribution in [3.63, 3.8) is 0 Å². The molecule has 0 bridgehead atoms. The number of hydrogen-bond acceptors (Lipinski definition) is 4. The summed E-state index contributed by atoms with van der Waals surface area (Å²) in [4.78, 5) is 33.0. The Bertz CT molecular complexity index is 1220. The number of rotatable bonds is 4. The van der Waals surface area contributed by atoms with Crippen LogP contribution in [0.5, 0.6) is 0 Å². The molecule has 1 fully saturated rings. The third-order valence-electron chi connectivity index (χ3n) is 6.38. The lowest BCUT2D eigenvalue weighted by atomic mass is 10.0. The van der Waals surface area contributed by atoms with Crippen LogP contribution in [0, 0.1) is 13.8 Å². The van der Waals surface area contributed by atoms with Crippen molar-refractivity contribution in [1.29, 1.82) is 0 Å². The minimum Gasteiger partial charge on any atom is -0.368 e. The molecule has 0 aromatic heterocycles. The van der Waals surface area contributed by atoms with Crippen LogP contribution in [0.4, 0.5) is 11.4 Å². The number of aryl methyl sites for hydroxylation is 2. The molecule has 2 amide bonds. The first-order valence-corrected chi connectivity index (χ1v) is 11.3. The highest BCUT2D eigenvalue weighted by atomic mass is 16.2. The predicted octanol–water partition coefficient (Wildman–Crippen LogP) is 4.41. The Morgan fingerprint density at radius 3 is 1.94 bits per heavy atom. The maximum atomic E-state index is 13.7. The molecule has 0 atom stereocenters. The summed E-state index contributed by atoms with van der Waals surface area (Å²) in [5.41, 5.74) is 5.90. The summed E-state index contributed by atoms with van der Waals surface area (Å²) in [6, 6.07) is 25.6. The van der Waals surface area contributed by atoms with Crippen LogP contribution in [0.15, 0.2) is 84.6 Å². The van der Waals surface area contributed by atoms with Crippen LogP contribution in [-0.2, 0) is 9.59 Å². The Morgan fingerprint density at radius 1 is 0.606 bits per heavy atom. The average molecular weight is 438 g/mol. The fraction of sp³-hybridized carbons (Fsp3) is 0.214. The summed E-state index contributed by atoms with van der Waals surface area (Å²) < 4.78 is 0. The van der Waals surface area contributed by atoms with E-state index in [1.165, 1.54) is 16.2 Å². The quantitative estimate of drug-likeness (QED) is 0.567. The molecule has 3 aromatic carbocycles. The van der Waals surface area contributed by atoms with Gasteiger partial charge in [0.1, 0.15) is 5.70 Å². The van der Waals surface area contributed by atoms with Gasteiger partial charge in [-0.3, -0.25) is 9.59 Å². The normalized spacial score (nSPS) is 16.7. The number of nitrogens with zero attached hydrogens (tertiary/aromatic N) is 3. The summed E-state index contributed by atoms with van der Waals surface area (Å²) in [5.74, 6) is -0.502. The van der Waals surface area contributed by atoms with Gasteiger partial charge in [-0.25, -0.2) is 4.90 Å². The van der Waals surface area contributed by atoms with Crippen LogP contribution >= 0.6 is 0 Å². The van der Waals surface area contributed by atoms with Gasteiger partial charge >= 0.3 is 0 Å². The summed E-state index contributed by atoms with van der Waals surface area (Å²) >= 11 is 0. The lowest BCUT2D eigenvalue weighted by Crippen LogP contribution is -2.47. The molecule has 0 N–H and O–H groups in total. The van der Waals surface area contributed by atoms with Crippen LogP contribution < -0.4 is 9.80 Å². The van der Waals surface area contributed by atoms with Crippen molar-refractivity contribution in [2.24, 2.45) is 0 Å². The maximum absolute atomic E-state index is 13.7. The van der Waals surface area contributed by atoms with E-state index in [9.17, 15) is 9.59 Å². The third kappa shape index (κ3) is 3.91. The van der Waals surface area contributed by atoms with E-state index in [1.54, 1.807) is 0 Å². The van der Waals surface area contributed by atoms with Gasteiger partial charge in [0.2, 0.25) is 0 Å². The smallest absolute Gasteiger partial charge is 0.282 e. The number of carbonyl (C=O) groups excluding carboxylic acids is 2. The Morgan fingerprint density at radius 2 is 1.27 bits per heavy atom. The highest BCUT2D eigenvalue weighted by molar-refractivity contribution is 6.45. The van der Waals surface area contributed by atoms with Gasteiger partial charge < -0.3 is 9.80 Å². The molecule has 0 saturated carbocycles. The number of piperazine rings is 1. The van der Waals surface area contributed by atoms with E-state index in [1.807, 2.05) is 61.5 Å². The molecule has 0 spiro atoms. The number of anilines is 2. The first kappa shape index (κ1) is 21.0. The van der Waals surface area contributed by atoms with Crippen LogP contribution in [0.25, 0.3) is 5.57 Å². The fourth-order valence-corrected chi connectivity index (χ4v) is 4.62. The second-order valence-corrected chi connectivity index (χ2v) is 8.68. The monoisotopic (exact) mass is 437 g/mol. The van der Waals surface area contributed by atoms with Crippen molar-refractivity contribution < 1.29 is 9.59 Å². The van der Waals surface area contributed by atoms with Crippen LogP contribution in [0.3, 0.4) is 0 Å². The van der Waals surface area contributed by atoms with Crippen molar-refractivity contribution in [1.82, 2.24) is 4.90 Å². The number of amides is 2. The van der Waals surface area contributed by atoms with E-state index < -0.39 is 0 Å². The van der Waals surface area contributed by atoms with Crippen LogP contribution in [-0.4, -0.2) is 42.9 Å². The Balaban J connectivity index is 1.48. The van der Waals surface area contributed by atoms with Gasteiger partial charge in [-0.15, -0.1) is 0 Å². The number of hydrogen-bond donors (Lipinski definition) is 0. The van der Waals surface area contributed by atoms with Gasteiger partial charge in [0.25, 0.3) is 11.8 Å². The van der Waals surface area contributed by atoms with E-state index in [2.05, 4.69) is 41.0 Å². The third-order valence-corrected chi connectivity index (χ3v) is 6.38. The minimum absolute atomic E-state index is 0.244. The highest BCUT2D eigenvalue weighted by Crippen LogP contribution is 2.35. The highest BCUT2D eigenvalue weighted by Gasteiger charge is 2.43. The number of imide groups is 1. The number of benzene rings is 3. The summed E-state index contributed by atoms with van der Waals surface area (Å²) in [6.07, 6.45) is 0. The Labute approximate surface area is 194 Å². The SMILES string of the molecule is Cc1ccc(N2C(=O)C(c3ccccc3)=C(N3CCN(c4cccc(C)c4)CC3)C2=O)cc1. The first-order chi connectivity index (χ1) is 16.0. The molecule has 2 aliphatic rings.